The van der Waals surface area contributed by atoms with Gasteiger partial charge in [0.15, 0.2) is 0 Å². The van der Waals surface area contributed by atoms with Gasteiger partial charge in [-0.25, -0.2) is 9.97 Å². The van der Waals surface area contributed by atoms with Crippen LogP contribution in [0.4, 0.5) is 28.4 Å². The summed E-state index contributed by atoms with van der Waals surface area (Å²) in [4.78, 5) is 28.4. The fourth-order valence-electron chi connectivity index (χ4n) is 6.52. The highest BCUT2D eigenvalue weighted by Gasteiger charge is 2.29. The number of rotatable bonds is 6. The van der Waals surface area contributed by atoms with Crippen LogP contribution in [0.2, 0.25) is 0 Å². The van der Waals surface area contributed by atoms with Crippen molar-refractivity contribution >= 4 is 50.2 Å². The Balaban J connectivity index is 1.38. The highest BCUT2D eigenvalue weighted by molar-refractivity contribution is 6.15. The molecule has 1 aliphatic heterocycles. The first-order valence-electron chi connectivity index (χ1n) is 15.1. The van der Waals surface area contributed by atoms with E-state index in [0.717, 1.165) is 74.2 Å². The number of pyridine rings is 3. The van der Waals surface area contributed by atoms with Crippen molar-refractivity contribution in [2.24, 2.45) is 0 Å². The number of anilines is 5. The summed E-state index contributed by atoms with van der Waals surface area (Å²) in [7, 11) is 0. The molecular formula is C38H26N8. The molecule has 8 heteroatoms. The number of nitrogens with zero attached hydrogens (tertiary/aromatic N) is 7. The Hall–Kier alpha value is -6.41. The maximum absolute atomic E-state index is 5.53. The molecule has 0 radical (unpaired) electrons. The van der Waals surface area contributed by atoms with Crippen LogP contribution in [0.25, 0.3) is 44.3 Å². The Bertz CT molecular complexity index is 2270. The van der Waals surface area contributed by atoms with Crippen molar-refractivity contribution in [3.05, 3.63) is 146 Å². The molecule has 8 nitrogen and oxygen atoms in total. The summed E-state index contributed by atoms with van der Waals surface area (Å²) < 4.78 is 0. The van der Waals surface area contributed by atoms with E-state index in [0.29, 0.717) is 0 Å². The average Bonchev–Trinajstić information content (AvgIpc) is 3.44. The number of fused-ring (bicyclic) bond motifs is 4. The van der Waals surface area contributed by atoms with Crippen molar-refractivity contribution in [1.29, 1.82) is 0 Å². The van der Waals surface area contributed by atoms with E-state index in [9.17, 15) is 0 Å². The molecule has 0 fully saturated rings. The largest absolute Gasteiger partial charge is 0.387 e. The maximum Gasteiger partial charge on any atom is 0.116 e. The standard InChI is InChI=1S/C38H26N8/c1-3-25-4-2-6-31-34(25)30(5-1)35-36(31)44-38-33(46(28-13-21-41-22-14-28)29-15-23-42-24-16-29)8-7-32(37(38)43-35)45(26-9-17-39-18-10-26)27-11-19-40-20-12-27/h1-23,42H,24H2. The van der Waals surface area contributed by atoms with Crippen LogP contribution < -0.4 is 15.1 Å². The predicted octanol–water partition coefficient (Wildman–Crippen LogP) is 8.22. The number of dihydropyridines is 1. The molecule has 46 heavy (non-hydrogen) atoms. The third-order valence-corrected chi connectivity index (χ3v) is 8.50. The van der Waals surface area contributed by atoms with Gasteiger partial charge in [-0.15, -0.1) is 0 Å². The molecule has 218 valence electrons. The van der Waals surface area contributed by atoms with Gasteiger partial charge in [0.05, 0.1) is 22.8 Å². The van der Waals surface area contributed by atoms with Crippen LogP contribution in [-0.4, -0.2) is 31.5 Å². The Morgan fingerprint density at radius 3 is 1.54 bits per heavy atom. The smallest absolute Gasteiger partial charge is 0.116 e. The van der Waals surface area contributed by atoms with Crippen LogP contribution in [0, 0.1) is 0 Å². The summed E-state index contributed by atoms with van der Waals surface area (Å²) in [6.07, 6.45) is 17.1. The SMILES string of the molecule is C1=CC(N(c2ccncc2)c2ccc(N(c3ccncc3)c3ccncc3)c3nc4c(nc23)-c2cccc3cccc-4c23)=CCN1. The Kier molecular flexibility index (Phi) is 6.02. The number of allylic oxidation sites excluding steroid dienone is 1. The van der Waals surface area contributed by atoms with Gasteiger partial charge < -0.3 is 15.1 Å². The van der Waals surface area contributed by atoms with Gasteiger partial charge in [-0.2, -0.15) is 0 Å². The van der Waals surface area contributed by atoms with E-state index in [-0.39, 0.29) is 0 Å². The highest BCUT2D eigenvalue weighted by atomic mass is 15.2. The molecule has 1 aliphatic carbocycles. The van der Waals surface area contributed by atoms with Gasteiger partial charge in [-0.1, -0.05) is 36.4 Å². The minimum absolute atomic E-state index is 0.722. The number of hydrogen-bond donors (Lipinski definition) is 1. The lowest BCUT2D eigenvalue weighted by atomic mass is 10.0. The van der Waals surface area contributed by atoms with Gasteiger partial charge in [0, 0.05) is 83.0 Å². The van der Waals surface area contributed by atoms with Gasteiger partial charge in [-0.3, -0.25) is 15.0 Å². The van der Waals surface area contributed by atoms with Crippen LogP contribution in [0.5, 0.6) is 0 Å². The van der Waals surface area contributed by atoms with Crippen LogP contribution in [0.15, 0.2) is 146 Å². The molecule has 0 bridgehead atoms. The van der Waals surface area contributed by atoms with Crippen molar-refractivity contribution < 1.29 is 0 Å². The highest BCUT2D eigenvalue weighted by Crippen LogP contribution is 2.49. The average molecular weight is 595 g/mol. The van der Waals surface area contributed by atoms with Crippen molar-refractivity contribution in [2.45, 2.75) is 0 Å². The molecule has 7 aromatic rings. The molecule has 0 saturated heterocycles. The van der Waals surface area contributed by atoms with Gasteiger partial charge >= 0.3 is 0 Å². The van der Waals surface area contributed by atoms with E-state index in [1.54, 1.807) is 0 Å². The second-order valence-electron chi connectivity index (χ2n) is 11.1. The van der Waals surface area contributed by atoms with E-state index in [2.05, 4.69) is 90.8 Å². The molecule has 0 atom stereocenters. The second kappa shape index (κ2) is 10.6. The lowest BCUT2D eigenvalue weighted by Gasteiger charge is -2.30. The van der Waals surface area contributed by atoms with Gasteiger partial charge in [0.1, 0.15) is 11.0 Å². The lowest BCUT2D eigenvalue weighted by Crippen LogP contribution is -2.21. The third kappa shape index (κ3) is 4.11. The first kappa shape index (κ1) is 26.0. The zero-order valence-electron chi connectivity index (χ0n) is 24.6. The van der Waals surface area contributed by atoms with Crippen LogP contribution in [0.3, 0.4) is 0 Å². The Morgan fingerprint density at radius 1 is 0.543 bits per heavy atom. The summed E-state index contributed by atoms with van der Waals surface area (Å²) >= 11 is 0. The fourth-order valence-corrected chi connectivity index (χ4v) is 6.52. The van der Waals surface area contributed by atoms with Crippen molar-refractivity contribution in [3.63, 3.8) is 0 Å². The molecule has 3 aromatic carbocycles. The minimum atomic E-state index is 0.722. The third-order valence-electron chi connectivity index (χ3n) is 8.50. The summed E-state index contributed by atoms with van der Waals surface area (Å²) in [6.45, 7) is 0.722. The fraction of sp³-hybridized carbons (Fsp3) is 0.0263. The molecule has 2 aliphatic rings. The molecule has 1 N–H and O–H groups in total. The summed E-state index contributed by atoms with van der Waals surface area (Å²) in [5.41, 5.74) is 11.3. The zero-order valence-corrected chi connectivity index (χ0v) is 24.6. The molecule has 0 unspecified atom stereocenters. The molecule has 0 amide bonds. The molecular weight excluding hydrogens is 568 g/mol. The minimum Gasteiger partial charge on any atom is -0.387 e. The van der Waals surface area contributed by atoms with Crippen LogP contribution >= 0.6 is 0 Å². The number of hydrogen-bond acceptors (Lipinski definition) is 8. The molecule has 5 heterocycles. The van der Waals surface area contributed by atoms with Crippen molar-refractivity contribution in [1.82, 2.24) is 30.2 Å². The monoisotopic (exact) mass is 594 g/mol. The van der Waals surface area contributed by atoms with E-state index < -0.39 is 0 Å². The molecule has 0 spiro atoms. The van der Waals surface area contributed by atoms with Gasteiger partial charge in [0.2, 0.25) is 0 Å². The lowest BCUT2D eigenvalue weighted by molar-refractivity contribution is 0.946. The van der Waals surface area contributed by atoms with E-state index >= 15 is 0 Å². The quantitative estimate of drug-likeness (QED) is 0.206. The summed E-state index contributed by atoms with van der Waals surface area (Å²) in [5.74, 6) is 0. The van der Waals surface area contributed by atoms with Crippen molar-refractivity contribution in [3.8, 4) is 22.5 Å². The number of aromatic nitrogens is 5. The van der Waals surface area contributed by atoms with Gasteiger partial charge in [0.25, 0.3) is 0 Å². The maximum atomic E-state index is 5.53. The normalized spacial score (nSPS) is 12.9. The zero-order chi connectivity index (χ0) is 30.5. The molecule has 9 rings (SSSR count). The molecule has 4 aromatic heterocycles. The topological polar surface area (TPSA) is 83.0 Å². The van der Waals surface area contributed by atoms with Crippen LogP contribution in [0.1, 0.15) is 0 Å². The number of benzene rings is 3. The van der Waals surface area contributed by atoms with E-state index in [4.69, 9.17) is 9.97 Å². The number of nitrogens with one attached hydrogen (secondary N) is 1. The van der Waals surface area contributed by atoms with E-state index in [1.165, 1.54) is 10.8 Å². The Morgan fingerprint density at radius 2 is 1.04 bits per heavy atom. The first-order valence-corrected chi connectivity index (χ1v) is 15.1. The van der Waals surface area contributed by atoms with Gasteiger partial charge in [-0.05, 0) is 72.3 Å². The first-order chi connectivity index (χ1) is 22.8. The summed E-state index contributed by atoms with van der Waals surface area (Å²) in [6, 6.07) is 29.2. The van der Waals surface area contributed by atoms with E-state index in [1.807, 2.05) is 79.8 Å². The predicted molar refractivity (Wildman–Crippen MR) is 183 cm³/mol. The van der Waals surface area contributed by atoms with Crippen molar-refractivity contribution in [2.75, 3.05) is 16.3 Å². The van der Waals surface area contributed by atoms with Crippen LogP contribution in [-0.2, 0) is 0 Å². The second-order valence-corrected chi connectivity index (χ2v) is 11.1. The Labute approximate surface area is 265 Å². The molecule has 0 saturated carbocycles. The summed E-state index contributed by atoms with van der Waals surface area (Å²) in [5, 5.41) is 5.65.